The van der Waals surface area contributed by atoms with Crippen LogP contribution in [0.5, 0.6) is 0 Å². The Balaban J connectivity index is 1.87. The SMILES string of the molecule is O=C(NCC1(C(=O)CCl)CCCCCC1)OCc1ccccc1. The number of nitrogens with one attached hydrogen (secondary N) is 1. The molecule has 1 saturated carbocycles. The van der Waals surface area contributed by atoms with Crippen LogP contribution in [0.4, 0.5) is 4.79 Å². The van der Waals surface area contributed by atoms with Crippen LogP contribution in [-0.2, 0) is 16.1 Å². The van der Waals surface area contributed by atoms with Crippen LogP contribution in [0.3, 0.4) is 0 Å². The van der Waals surface area contributed by atoms with Gasteiger partial charge < -0.3 is 10.1 Å². The fourth-order valence-electron chi connectivity index (χ4n) is 3.12. The van der Waals surface area contributed by atoms with E-state index in [1.807, 2.05) is 30.3 Å². The number of hydrogen-bond acceptors (Lipinski definition) is 3. The molecule has 1 aliphatic rings. The second-order valence-electron chi connectivity index (χ2n) is 6.17. The Morgan fingerprint density at radius 1 is 1.09 bits per heavy atom. The molecule has 1 aromatic carbocycles. The molecule has 0 radical (unpaired) electrons. The second kappa shape index (κ2) is 8.92. The van der Waals surface area contributed by atoms with E-state index in [0.717, 1.165) is 44.1 Å². The molecule has 0 aromatic heterocycles. The average molecular weight is 338 g/mol. The molecule has 1 amide bonds. The third-order valence-electron chi connectivity index (χ3n) is 4.56. The highest BCUT2D eigenvalue weighted by atomic mass is 35.5. The Kier molecular flexibility index (Phi) is 6.90. The summed E-state index contributed by atoms with van der Waals surface area (Å²) in [6.07, 6.45) is 5.37. The van der Waals surface area contributed by atoms with Crippen LogP contribution in [0.1, 0.15) is 44.1 Å². The maximum absolute atomic E-state index is 12.3. The number of ketones is 1. The number of halogens is 1. The smallest absolute Gasteiger partial charge is 0.407 e. The maximum Gasteiger partial charge on any atom is 0.407 e. The number of Topliss-reactive ketones (excluding diaryl/α,β-unsaturated/α-hetero) is 1. The fourth-order valence-corrected chi connectivity index (χ4v) is 3.40. The van der Waals surface area contributed by atoms with Gasteiger partial charge in [0.1, 0.15) is 6.61 Å². The minimum atomic E-state index is -0.524. The summed E-state index contributed by atoms with van der Waals surface area (Å²) in [5, 5.41) is 2.77. The third-order valence-corrected chi connectivity index (χ3v) is 4.80. The Morgan fingerprint density at radius 3 is 2.35 bits per heavy atom. The molecule has 5 heteroatoms. The van der Waals surface area contributed by atoms with Gasteiger partial charge in [0, 0.05) is 12.0 Å². The van der Waals surface area contributed by atoms with Crippen LogP contribution < -0.4 is 5.32 Å². The quantitative estimate of drug-likeness (QED) is 0.629. The zero-order chi connectivity index (χ0) is 16.5. The number of alkyl carbamates (subject to hydrolysis) is 1. The molecule has 0 heterocycles. The van der Waals surface area contributed by atoms with Crippen molar-refractivity contribution in [2.75, 3.05) is 12.4 Å². The van der Waals surface area contributed by atoms with Crippen molar-refractivity contribution in [2.24, 2.45) is 5.41 Å². The number of alkyl halides is 1. The second-order valence-corrected chi connectivity index (χ2v) is 6.43. The summed E-state index contributed by atoms with van der Waals surface area (Å²) in [6.45, 7) is 0.537. The molecule has 0 spiro atoms. The van der Waals surface area contributed by atoms with Crippen molar-refractivity contribution in [1.29, 1.82) is 0 Å². The predicted molar refractivity (Wildman–Crippen MR) is 90.5 cm³/mol. The van der Waals surface area contributed by atoms with Crippen LogP contribution in [0, 0.1) is 5.41 Å². The van der Waals surface area contributed by atoms with Crippen molar-refractivity contribution < 1.29 is 14.3 Å². The Labute approximate surface area is 142 Å². The molecule has 4 nitrogen and oxygen atoms in total. The molecule has 126 valence electrons. The lowest BCUT2D eigenvalue weighted by atomic mass is 9.77. The normalized spacial score (nSPS) is 17.1. The number of amides is 1. The van der Waals surface area contributed by atoms with E-state index in [4.69, 9.17) is 16.3 Å². The number of rotatable bonds is 6. The molecule has 0 unspecified atom stereocenters. The summed E-state index contributed by atoms with van der Waals surface area (Å²) in [6, 6.07) is 9.51. The molecule has 23 heavy (non-hydrogen) atoms. The molecule has 0 saturated heterocycles. The molecular formula is C18H24ClNO3. The van der Waals surface area contributed by atoms with Crippen molar-refractivity contribution in [3.05, 3.63) is 35.9 Å². The lowest BCUT2D eigenvalue weighted by Crippen LogP contribution is -2.43. The van der Waals surface area contributed by atoms with Crippen molar-refractivity contribution in [1.82, 2.24) is 5.32 Å². The molecule has 0 aliphatic heterocycles. The highest BCUT2D eigenvalue weighted by Gasteiger charge is 2.37. The molecule has 0 bridgehead atoms. The minimum absolute atomic E-state index is 0.000737. The summed E-state index contributed by atoms with van der Waals surface area (Å²) in [7, 11) is 0. The first-order valence-corrected chi connectivity index (χ1v) is 8.73. The van der Waals surface area contributed by atoms with Gasteiger partial charge in [-0.2, -0.15) is 0 Å². The van der Waals surface area contributed by atoms with Crippen LogP contribution in [-0.4, -0.2) is 24.3 Å². The van der Waals surface area contributed by atoms with E-state index in [-0.39, 0.29) is 18.3 Å². The Bertz CT molecular complexity index is 510. The predicted octanol–water partition coefficient (Wildman–Crippen LogP) is 4.06. The van der Waals surface area contributed by atoms with Gasteiger partial charge in [-0.05, 0) is 18.4 Å². The number of carbonyl (C=O) groups excluding carboxylic acids is 2. The standard InChI is InChI=1S/C18H24ClNO3/c19-12-16(21)18(10-6-1-2-7-11-18)14-20-17(22)23-13-15-8-4-3-5-9-15/h3-5,8-9H,1-2,6-7,10-14H2,(H,20,22). The van der Waals surface area contributed by atoms with Gasteiger partial charge in [0.25, 0.3) is 0 Å². The lowest BCUT2D eigenvalue weighted by Gasteiger charge is -2.30. The summed E-state index contributed by atoms with van der Waals surface area (Å²) < 4.78 is 5.21. The van der Waals surface area contributed by atoms with E-state index in [0.29, 0.717) is 6.54 Å². The molecule has 1 aromatic rings. The van der Waals surface area contributed by atoms with Crippen molar-refractivity contribution >= 4 is 23.5 Å². The van der Waals surface area contributed by atoms with Crippen LogP contribution in [0.15, 0.2) is 30.3 Å². The van der Waals surface area contributed by atoms with Crippen LogP contribution >= 0.6 is 11.6 Å². The van der Waals surface area contributed by atoms with Gasteiger partial charge in [-0.1, -0.05) is 56.0 Å². The third kappa shape index (κ3) is 5.24. The molecule has 1 aliphatic carbocycles. The largest absolute Gasteiger partial charge is 0.445 e. The summed E-state index contributed by atoms with van der Waals surface area (Å²) in [5.74, 6) is 0.0326. The zero-order valence-electron chi connectivity index (χ0n) is 13.4. The topological polar surface area (TPSA) is 55.4 Å². The van der Waals surface area contributed by atoms with Gasteiger partial charge >= 0.3 is 6.09 Å². The molecule has 1 fully saturated rings. The fraction of sp³-hybridized carbons (Fsp3) is 0.556. The Morgan fingerprint density at radius 2 is 1.74 bits per heavy atom. The minimum Gasteiger partial charge on any atom is -0.445 e. The monoisotopic (exact) mass is 337 g/mol. The van der Waals surface area contributed by atoms with E-state index in [1.165, 1.54) is 0 Å². The number of carbonyl (C=O) groups is 2. The van der Waals surface area contributed by atoms with Gasteiger partial charge in [-0.3, -0.25) is 4.79 Å². The van der Waals surface area contributed by atoms with Gasteiger partial charge in [0.05, 0.1) is 5.88 Å². The number of ether oxygens (including phenoxy) is 1. The van der Waals surface area contributed by atoms with E-state index in [1.54, 1.807) is 0 Å². The number of hydrogen-bond donors (Lipinski definition) is 1. The van der Waals surface area contributed by atoms with Gasteiger partial charge in [0.2, 0.25) is 0 Å². The average Bonchev–Trinajstić information content (AvgIpc) is 2.85. The molecule has 1 N–H and O–H groups in total. The number of benzene rings is 1. The molecule has 0 atom stereocenters. The maximum atomic E-state index is 12.3. The molecular weight excluding hydrogens is 314 g/mol. The van der Waals surface area contributed by atoms with Crippen LogP contribution in [0.2, 0.25) is 0 Å². The van der Waals surface area contributed by atoms with E-state index in [2.05, 4.69) is 5.32 Å². The van der Waals surface area contributed by atoms with E-state index in [9.17, 15) is 9.59 Å². The van der Waals surface area contributed by atoms with E-state index >= 15 is 0 Å². The van der Waals surface area contributed by atoms with Crippen molar-refractivity contribution in [3.8, 4) is 0 Å². The Hall–Kier alpha value is -1.55. The first kappa shape index (κ1) is 17.8. The van der Waals surface area contributed by atoms with E-state index < -0.39 is 11.5 Å². The van der Waals surface area contributed by atoms with Crippen LogP contribution in [0.25, 0.3) is 0 Å². The molecule has 2 rings (SSSR count). The van der Waals surface area contributed by atoms with Gasteiger partial charge in [-0.25, -0.2) is 4.79 Å². The summed E-state index contributed by atoms with van der Waals surface area (Å²) in [5.41, 5.74) is 0.410. The van der Waals surface area contributed by atoms with Gasteiger partial charge in [0.15, 0.2) is 5.78 Å². The highest BCUT2D eigenvalue weighted by molar-refractivity contribution is 6.28. The first-order chi connectivity index (χ1) is 11.2. The highest BCUT2D eigenvalue weighted by Crippen LogP contribution is 2.35. The lowest BCUT2D eigenvalue weighted by molar-refractivity contribution is -0.126. The summed E-state index contributed by atoms with van der Waals surface area (Å²) >= 11 is 5.79. The summed E-state index contributed by atoms with van der Waals surface area (Å²) in [4.78, 5) is 24.2. The van der Waals surface area contributed by atoms with Gasteiger partial charge in [-0.15, -0.1) is 11.6 Å². The van der Waals surface area contributed by atoms with Crippen molar-refractivity contribution in [2.45, 2.75) is 45.1 Å². The first-order valence-electron chi connectivity index (χ1n) is 8.20. The zero-order valence-corrected chi connectivity index (χ0v) is 14.1. The van der Waals surface area contributed by atoms with Crippen molar-refractivity contribution in [3.63, 3.8) is 0 Å².